The van der Waals surface area contributed by atoms with Crippen molar-refractivity contribution >= 4 is 11.8 Å². The normalized spacial score (nSPS) is 10.7. The molecule has 0 bridgehead atoms. The Morgan fingerprint density at radius 3 is 2.94 bits per heavy atom. The maximum absolute atomic E-state index is 13.7. The van der Waals surface area contributed by atoms with Gasteiger partial charge in [0.1, 0.15) is 5.82 Å². The minimum Gasteiger partial charge on any atom is -0.338 e. The van der Waals surface area contributed by atoms with Crippen molar-refractivity contribution in [1.29, 1.82) is 0 Å². The zero-order valence-corrected chi connectivity index (χ0v) is 9.42. The zero-order chi connectivity index (χ0) is 11.5. The number of hydrogen-bond acceptors (Lipinski definition) is 5. The Hall–Kier alpha value is -1.40. The van der Waals surface area contributed by atoms with Gasteiger partial charge < -0.3 is 10.3 Å². The van der Waals surface area contributed by atoms with Crippen molar-refractivity contribution in [2.24, 2.45) is 5.73 Å². The summed E-state index contributed by atoms with van der Waals surface area (Å²) in [5, 5.41) is 3.71. The van der Waals surface area contributed by atoms with Crippen molar-refractivity contribution in [1.82, 2.24) is 10.1 Å². The maximum atomic E-state index is 13.7. The molecule has 16 heavy (non-hydrogen) atoms. The zero-order valence-electron chi connectivity index (χ0n) is 8.61. The van der Waals surface area contributed by atoms with Gasteiger partial charge in [-0.05, 0) is 18.4 Å². The molecule has 0 aliphatic heterocycles. The van der Waals surface area contributed by atoms with Gasteiger partial charge in [-0.3, -0.25) is 0 Å². The molecule has 1 aromatic heterocycles. The first kappa shape index (κ1) is 11.1. The van der Waals surface area contributed by atoms with Crippen LogP contribution in [0.1, 0.15) is 5.89 Å². The molecule has 0 unspecified atom stereocenters. The first-order chi connectivity index (χ1) is 7.76. The highest BCUT2D eigenvalue weighted by atomic mass is 32.2. The van der Waals surface area contributed by atoms with Gasteiger partial charge in [0.2, 0.25) is 11.7 Å². The van der Waals surface area contributed by atoms with Crippen molar-refractivity contribution in [3.63, 3.8) is 0 Å². The van der Waals surface area contributed by atoms with Crippen LogP contribution in [-0.4, -0.2) is 16.4 Å². The largest absolute Gasteiger partial charge is 0.338 e. The number of aromatic nitrogens is 2. The fraction of sp³-hybridized carbons (Fsp3) is 0.200. The van der Waals surface area contributed by atoms with E-state index in [2.05, 4.69) is 10.1 Å². The molecule has 0 aliphatic carbocycles. The van der Waals surface area contributed by atoms with Crippen LogP contribution in [0.3, 0.4) is 0 Å². The van der Waals surface area contributed by atoms with E-state index in [1.54, 1.807) is 6.07 Å². The first-order valence-corrected chi connectivity index (χ1v) is 5.84. The predicted octanol–water partition coefficient (Wildman–Crippen LogP) is 2.06. The number of halogens is 1. The molecule has 0 spiro atoms. The lowest BCUT2D eigenvalue weighted by atomic mass is 10.2. The lowest BCUT2D eigenvalue weighted by molar-refractivity contribution is 0.380. The van der Waals surface area contributed by atoms with E-state index in [0.717, 1.165) is 4.90 Å². The summed E-state index contributed by atoms with van der Waals surface area (Å²) in [6, 6.07) is 4.82. The molecule has 0 aliphatic rings. The van der Waals surface area contributed by atoms with E-state index in [9.17, 15) is 4.39 Å². The second-order valence-electron chi connectivity index (χ2n) is 3.03. The molecule has 0 radical (unpaired) electrons. The summed E-state index contributed by atoms with van der Waals surface area (Å²) < 4.78 is 18.5. The fourth-order valence-corrected chi connectivity index (χ4v) is 1.94. The van der Waals surface area contributed by atoms with Crippen LogP contribution >= 0.6 is 11.8 Å². The van der Waals surface area contributed by atoms with Gasteiger partial charge in [-0.2, -0.15) is 4.98 Å². The Morgan fingerprint density at radius 2 is 2.31 bits per heavy atom. The molecule has 2 N–H and O–H groups in total. The van der Waals surface area contributed by atoms with Crippen molar-refractivity contribution in [2.75, 3.05) is 6.26 Å². The minimum absolute atomic E-state index is 0.149. The molecular formula is C10H10FN3OS. The van der Waals surface area contributed by atoms with Crippen LogP contribution in [0.4, 0.5) is 4.39 Å². The van der Waals surface area contributed by atoms with Gasteiger partial charge in [0.25, 0.3) is 0 Å². The van der Waals surface area contributed by atoms with E-state index >= 15 is 0 Å². The molecule has 0 atom stereocenters. The summed E-state index contributed by atoms with van der Waals surface area (Å²) in [6.45, 7) is 0.149. The summed E-state index contributed by atoms with van der Waals surface area (Å²) in [4.78, 5) is 4.78. The van der Waals surface area contributed by atoms with Crippen LogP contribution in [-0.2, 0) is 6.54 Å². The molecular weight excluding hydrogens is 229 g/mol. The highest BCUT2D eigenvalue weighted by molar-refractivity contribution is 7.98. The highest BCUT2D eigenvalue weighted by Gasteiger charge is 2.15. The van der Waals surface area contributed by atoms with Gasteiger partial charge in [-0.25, -0.2) is 4.39 Å². The summed E-state index contributed by atoms with van der Waals surface area (Å²) in [7, 11) is 0. The number of rotatable bonds is 3. The summed E-state index contributed by atoms with van der Waals surface area (Å²) in [5.41, 5.74) is 5.71. The van der Waals surface area contributed by atoms with Crippen molar-refractivity contribution in [3.8, 4) is 11.4 Å². The molecule has 2 aromatic rings. The topological polar surface area (TPSA) is 64.9 Å². The molecule has 0 fully saturated rings. The standard InChI is InChI=1S/C10H10FN3OS/c1-16-7-4-2-3-6(11)9(7)10-13-8(5-12)15-14-10/h2-4H,5,12H2,1H3. The number of hydrogen-bond donors (Lipinski definition) is 1. The van der Waals surface area contributed by atoms with Crippen LogP contribution in [0.25, 0.3) is 11.4 Å². The molecule has 1 aromatic carbocycles. The maximum Gasteiger partial charge on any atom is 0.240 e. The number of benzene rings is 1. The van der Waals surface area contributed by atoms with Gasteiger partial charge in [-0.1, -0.05) is 11.2 Å². The molecule has 0 saturated carbocycles. The third-order valence-electron chi connectivity index (χ3n) is 2.06. The smallest absolute Gasteiger partial charge is 0.240 e. The number of thioether (sulfide) groups is 1. The Kier molecular flexibility index (Phi) is 3.21. The molecule has 6 heteroatoms. The number of nitrogens with zero attached hydrogens (tertiary/aromatic N) is 2. The van der Waals surface area contributed by atoms with E-state index in [4.69, 9.17) is 10.3 Å². The van der Waals surface area contributed by atoms with Crippen LogP contribution in [0.2, 0.25) is 0 Å². The Labute approximate surface area is 96.0 Å². The van der Waals surface area contributed by atoms with Gasteiger partial charge in [0.05, 0.1) is 12.1 Å². The third kappa shape index (κ3) is 1.94. The van der Waals surface area contributed by atoms with Gasteiger partial charge >= 0.3 is 0 Å². The van der Waals surface area contributed by atoms with Crippen LogP contribution < -0.4 is 5.73 Å². The molecule has 2 rings (SSSR count). The quantitative estimate of drug-likeness (QED) is 0.830. The van der Waals surface area contributed by atoms with E-state index in [1.807, 2.05) is 12.3 Å². The highest BCUT2D eigenvalue weighted by Crippen LogP contribution is 2.30. The summed E-state index contributed by atoms with van der Waals surface area (Å²) >= 11 is 1.43. The summed E-state index contributed by atoms with van der Waals surface area (Å²) in [5.74, 6) is 0.171. The minimum atomic E-state index is -0.365. The Bertz CT molecular complexity index is 501. The number of nitrogens with two attached hydrogens (primary N) is 1. The van der Waals surface area contributed by atoms with Gasteiger partial charge in [0.15, 0.2) is 0 Å². The molecule has 0 amide bonds. The molecule has 4 nitrogen and oxygen atoms in total. The SMILES string of the molecule is CSc1cccc(F)c1-c1noc(CN)n1. The second kappa shape index (κ2) is 4.63. The lowest BCUT2D eigenvalue weighted by Gasteiger charge is -2.03. The first-order valence-electron chi connectivity index (χ1n) is 4.61. The van der Waals surface area contributed by atoms with Crippen LogP contribution in [0.5, 0.6) is 0 Å². The molecule has 1 heterocycles. The van der Waals surface area contributed by atoms with E-state index in [-0.39, 0.29) is 18.2 Å². The monoisotopic (exact) mass is 239 g/mol. The predicted molar refractivity (Wildman–Crippen MR) is 59.4 cm³/mol. The van der Waals surface area contributed by atoms with Crippen molar-refractivity contribution in [3.05, 3.63) is 29.9 Å². The van der Waals surface area contributed by atoms with Crippen LogP contribution in [0.15, 0.2) is 27.6 Å². The average Bonchev–Trinajstić information content (AvgIpc) is 2.76. The van der Waals surface area contributed by atoms with E-state index in [0.29, 0.717) is 11.5 Å². The fourth-order valence-electron chi connectivity index (χ4n) is 1.33. The third-order valence-corrected chi connectivity index (χ3v) is 2.84. The van der Waals surface area contributed by atoms with E-state index in [1.165, 1.54) is 17.8 Å². The van der Waals surface area contributed by atoms with Crippen molar-refractivity contribution < 1.29 is 8.91 Å². The average molecular weight is 239 g/mol. The van der Waals surface area contributed by atoms with E-state index < -0.39 is 0 Å². The Balaban J connectivity index is 2.53. The molecule has 0 saturated heterocycles. The van der Waals surface area contributed by atoms with Gasteiger partial charge in [-0.15, -0.1) is 11.8 Å². The second-order valence-corrected chi connectivity index (χ2v) is 3.88. The summed E-state index contributed by atoms with van der Waals surface area (Å²) in [6.07, 6.45) is 1.86. The van der Waals surface area contributed by atoms with Crippen molar-refractivity contribution in [2.45, 2.75) is 11.4 Å². The lowest BCUT2D eigenvalue weighted by Crippen LogP contribution is -1.96. The molecule has 84 valence electrons. The Morgan fingerprint density at radius 1 is 1.50 bits per heavy atom. The van der Waals surface area contributed by atoms with Crippen LogP contribution in [0, 0.1) is 5.82 Å². The van der Waals surface area contributed by atoms with Gasteiger partial charge in [0, 0.05) is 4.90 Å².